The van der Waals surface area contributed by atoms with Crippen molar-refractivity contribution in [3.8, 4) is 0 Å². The van der Waals surface area contributed by atoms with E-state index in [4.69, 9.17) is 0 Å². The molecule has 1 saturated heterocycles. The minimum absolute atomic E-state index is 0.0148. The van der Waals surface area contributed by atoms with Crippen molar-refractivity contribution in [2.45, 2.75) is 31.1 Å². The summed E-state index contributed by atoms with van der Waals surface area (Å²) in [6, 6.07) is 12.4. The van der Waals surface area contributed by atoms with Crippen molar-refractivity contribution in [2.75, 3.05) is 49.2 Å². The molecule has 0 unspecified atom stereocenters. The molecular weight excluding hydrogens is 368 g/mol. The summed E-state index contributed by atoms with van der Waals surface area (Å²) in [6.45, 7) is 10.7. The fraction of sp³-hybridized carbons (Fsp3) is 0.455. The van der Waals surface area contributed by atoms with Crippen LogP contribution < -0.4 is 10.2 Å². The fourth-order valence-electron chi connectivity index (χ4n) is 3.08. The molecule has 1 aliphatic heterocycles. The lowest BCUT2D eigenvalue weighted by Gasteiger charge is -2.33. The Balaban J connectivity index is 1.48. The van der Waals surface area contributed by atoms with Crippen molar-refractivity contribution >= 4 is 29.2 Å². The van der Waals surface area contributed by atoms with E-state index >= 15 is 0 Å². The molecule has 3 rings (SSSR count). The number of aromatic nitrogens is 1. The minimum atomic E-state index is -0.0148. The summed E-state index contributed by atoms with van der Waals surface area (Å²) in [4.78, 5) is 22.5. The zero-order valence-electron chi connectivity index (χ0n) is 17.2. The maximum atomic E-state index is 12.3. The molecular formula is C22H30N4OS. The second-order valence-corrected chi connectivity index (χ2v) is 9.36. The van der Waals surface area contributed by atoms with Gasteiger partial charge in [0.15, 0.2) is 0 Å². The number of carbonyl (C=O) groups excluding carboxylic acids is 1. The third kappa shape index (κ3) is 5.72. The first-order valence-corrected chi connectivity index (χ1v) is 10.7. The Morgan fingerprint density at radius 1 is 1.07 bits per heavy atom. The van der Waals surface area contributed by atoms with Gasteiger partial charge in [-0.1, -0.05) is 32.9 Å². The SMILES string of the molecule is CN1CCN(c2ccc(NC(=O)CSc3ccc(C(C)(C)C)cc3)cn2)CC1. The van der Waals surface area contributed by atoms with Crippen LogP contribution in [0, 0.1) is 0 Å². The van der Waals surface area contributed by atoms with E-state index in [2.05, 4.69) is 72.2 Å². The van der Waals surface area contributed by atoms with Crippen LogP contribution in [0.5, 0.6) is 0 Å². The van der Waals surface area contributed by atoms with E-state index in [0.29, 0.717) is 5.75 Å². The highest BCUT2D eigenvalue weighted by Crippen LogP contribution is 2.25. The lowest BCUT2D eigenvalue weighted by molar-refractivity contribution is -0.113. The Kier molecular flexibility index (Phi) is 6.62. The third-order valence-corrected chi connectivity index (χ3v) is 5.96. The smallest absolute Gasteiger partial charge is 0.234 e. The van der Waals surface area contributed by atoms with E-state index < -0.39 is 0 Å². The van der Waals surface area contributed by atoms with Crippen molar-refractivity contribution in [2.24, 2.45) is 0 Å². The molecule has 2 aromatic rings. The van der Waals surface area contributed by atoms with Crippen LogP contribution in [0.25, 0.3) is 0 Å². The van der Waals surface area contributed by atoms with E-state index in [1.807, 2.05) is 12.1 Å². The van der Waals surface area contributed by atoms with Crippen molar-refractivity contribution in [1.29, 1.82) is 0 Å². The van der Waals surface area contributed by atoms with Crippen molar-refractivity contribution in [3.63, 3.8) is 0 Å². The van der Waals surface area contributed by atoms with Gasteiger partial charge in [-0.15, -0.1) is 11.8 Å². The average molecular weight is 399 g/mol. The quantitative estimate of drug-likeness (QED) is 0.775. The van der Waals surface area contributed by atoms with Gasteiger partial charge >= 0.3 is 0 Å². The molecule has 6 heteroatoms. The van der Waals surface area contributed by atoms with Crippen LogP contribution in [0.1, 0.15) is 26.3 Å². The van der Waals surface area contributed by atoms with Gasteiger partial charge < -0.3 is 15.1 Å². The summed E-state index contributed by atoms with van der Waals surface area (Å²) in [7, 11) is 2.14. The number of amides is 1. The van der Waals surface area contributed by atoms with Gasteiger partial charge in [0.25, 0.3) is 0 Å². The van der Waals surface area contributed by atoms with Gasteiger partial charge in [-0.25, -0.2) is 4.98 Å². The molecule has 0 bridgehead atoms. The highest BCUT2D eigenvalue weighted by molar-refractivity contribution is 8.00. The first kappa shape index (κ1) is 20.7. The fourth-order valence-corrected chi connectivity index (χ4v) is 3.78. The van der Waals surface area contributed by atoms with Gasteiger partial charge in [-0.3, -0.25) is 4.79 Å². The largest absolute Gasteiger partial charge is 0.354 e. The van der Waals surface area contributed by atoms with E-state index in [1.165, 1.54) is 5.56 Å². The summed E-state index contributed by atoms with van der Waals surface area (Å²) >= 11 is 1.55. The van der Waals surface area contributed by atoms with Crippen LogP contribution in [0.15, 0.2) is 47.5 Å². The van der Waals surface area contributed by atoms with E-state index in [-0.39, 0.29) is 11.3 Å². The molecule has 1 amide bonds. The molecule has 150 valence electrons. The first-order valence-electron chi connectivity index (χ1n) is 9.74. The molecule has 0 spiro atoms. The van der Waals surface area contributed by atoms with Crippen LogP contribution >= 0.6 is 11.8 Å². The van der Waals surface area contributed by atoms with Crippen LogP contribution in [0.2, 0.25) is 0 Å². The zero-order valence-corrected chi connectivity index (χ0v) is 18.1. The van der Waals surface area contributed by atoms with E-state index in [9.17, 15) is 4.79 Å². The highest BCUT2D eigenvalue weighted by atomic mass is 32.2. The maximum Gasteiger partial charge on any atom is 0.234 e. The lowest BCUT2D eigenvalue weighted by Crippen LogP contribution is -2.44. The number of nitrogens with zero attached hydrogens (tertiary/aromatic N) is 3. The number of piperazine rings is 1. The lowest BCUT2D eigenvalue weighted by atomic mass is 9.87. The van der Waals surface area contributed by atoms with Crippen molar-refractivity contribution < 1.29 is 4.79 Å². The predicted molar refractivity (Wildman–Crippen MR) is 118 cm³/mol. The average Bonchev–Trinajstić information content (AvgIpc) is 2.67. The number of benzene rings is 1. The Morgan fingerprint density at radius 2 is 1.75 bits per heavy atom. The molecule has 28 heavy (non-hydrogen) atoms. The van der Waals surface area contributed by atoms with E-state index in [1.54, 1.807) is 18.0 Å². The van der Waals surface area contributed by atoms with Crippen LogP contribution in [0.3, 0.4) is 0 Å². The number of nitrogens with one attached hydrogen (secondary N) is 1. The number of anilines is 2. The molecule has 5 nitrogen and oxygen atoms in total. The first-order chi connectivity index (χ1) is 13.3. The number of likely N-dealkylation sites (N-methyl/N-ethyl adjacent to an activating group) is 1. The van der Waals surface area contributed by atoms with Gasteiger partial charge in [0.05, 0.1) is 17.6 Å². The maximum absolute atomic E-state index is 12.3. The summed E-state index contributed by atoms with van der Waals surface area (Å²) in [6.07, 6.45) is 1.74. The Morgan fingerprint density at radius 3 is 2.32 bits per heavy atom. The van der Waals surface area contributed by atoms with Gasteiger partial charge in [-0.05, 0) is 42.3 Å². The summed E-state index contributed by atoms with van der Waals surface area (Å²) in [5, 5.41) is 2.94. The van der Waals surface area contributed by atoms with Crippen molar-refractivity contribution in [1.82, 2.24) is 9.88 Å². The summed E-state index contributed by atoms with van der Waals surface area (Å²) < 4.78 is 0. The molecule has 1 N–H and O–H groups in total. The Labute approximate surface area is 172 Å². The van der Waals surface area contributed by atoms with E-state index in [0.717, 1.165) is 42.6 Å². The number of hydrogen-bond acceptors (Lipinski definition) is 5. The third-order valence-electron chi connectivity index (χ3n) is 4.95. The molecule has 1 aromatic carbocycles. The monoisotopic (exact) mass is 398 g/mol. The Bertz CT molecular complexity index is 776. The predicted octanol–water partition coefficient (Wildman–Crippen LogP) is 3.86. The van der Waals surface area contributed by atoms with Crippen LogP contribution in [0.4, 0.5) is 11.5 Å². The number of pyridine rings is 1. The molecule has 1 aliphatic rings. The highest BCUT2D eigenvalue weighted by Gasteiger charge is 2.15. The van der Waals surface area contributed by atoms with Crippen molar-refractivity contribution in [3.05, 3.63) is 48.2 Å². The summed E-state index contributed by atoms with van der Waals surface area (Å²) in [5.41, 5.74) is 2.18. The van der Waals surface area contributed by atoms with Crippen LogP contribution in [-0.2, 0) is 10.2 Å². The number of hydrogen-bond donors (Lipinski definition) is 1. The molecule has 0 atom stereocenters. The topological polar surface area (TPSA) is 48.5 Å². The second kappa shape index (κ2) is 8.97. The molecule has 1 aromatic heterocycles. The van der Waals surface area contributed by atoms with Gasteiger partial charge in [-0.2, -0.15) is 0 Å². The standard InChI is InChI=1S/C22H30N4OS/c1-22(2,3)17-5-8-19(9-6-17)28-16-21(27)24-18-7-10-20(23-15-18)26-13-11-25(4)12-14-26/h5-10,15H,11-14,16H2,1-4H3,(H,24,27). The second-order valence-electron chi connectivity index (χ2n) is 8.31. The molecule has 0 aliphatic carbocycles. The van der Waals surface area contributed by atoms with Gasteiger partial charge in [0.1, 0.15) is 5.82 Å². The molecule has 0 radical (unpaired) electrons. The zero-order chi connectivity index (χ0) is 20.1. The summed E-state index contributed by atoms with van der Waals surface area (Å²) in [5.74, 6) is 1.34. The normalized spacial score (nSPS) is 15.5. The molecule has 2 heterocycles. The molecule has 0 saturated carbocycles. The Hall–Kier alpha value is -2.05. The van der Waals surface area contributed by atoms with Gasteiger partial charge in [0, 0.05) is 31.1 Å². The molecule has 1 fully saturated rings. The number of rotatable bonds is 5. The number of carbonyl (C=O) groups is 1. The van der Waals surface area contributed by atoms with Gasteiger partial charge in [0.2, 0.25) is 5.91 Å². The number of thioether (sulfide) groups is 1. The minimum Gasteiger partial charge on any atom is -0.354 e. The van der Waals surface area contributed by atoms with Crippen LogP contribution in [-0.4, -0.2) is 54.8 Å².